The molecule has 1 heterocycles. The first-order valence-corrected chi connectivity index (χ1v) is 6.30. The number of amides is 1. The predicted octanol–water partition coefficient (Wildman–Crippen LogP) is 1.73. The molecule has 4 nitrogen and oxygen atoms in total. The van der Waals surface area contributed by atoms with Crippen molar-refractivity contribution in [3.05, 3.63) is 48.2 Å². The lowest BCUT2D eigenvalue weighted by Crippen LogP contribution is -2.42. The molecule has 0 bridgehead atoms. The number of H-pyrrole nitrogens is 1. The van der Waals surface area contributed by atoms with Crippen molar-refractivity contribution in [2.24, 2.45) is 5.73 Å². The Balaban J connectivity index is 2.04. The molecule has 1 aromatic heterocycles. The van der Waals surface area contributed by atoms with E-state index >= 15 is 0 Å². The van der Waals surface area contributed by atoms with E-state index in [1.165, 1.54) is 0 Å². The van der Waals surface area contributed by atoms with E-state index in [0.29, 0.717) is 13.0 Å². The molecule has 0 aliphatic heterocycles. The average molecular weight is 257 g/mol. The number of para-hydroxylation sites is 1. The van der Waals surface area contributed by atoms with Crippen LogP contribution in [0.15, 0.2) is 42.6 Å². The number of benzene rings is 1. The number of fused-ring (bicyclic) bond motifs is 1. The van der Waals surface area contributed by atoms with Crippen LogP contribution in [-0.2, 0) is 11.2 Å². The van der Waals surface area contributed by atoms with Gasteiger partial charge >= 0.3 is 0 Å². The minimum Gasteiger partial charge on any atom is -0.361 e. The van der Waals surface area contributed by atoms with Crippen molar-refractivity contribution in [3.8, 4) is 0 Å². The third kappa shape index (κ3) is 3.23. The van der Waals surface area contributed by atoms with Crippen LogP contribution in [0.3, 0.4) is 0 Å². The summed E-state index contributed by atoms with van der Waals surface area (Å²) in [6, 6.07) is 7.44. The first-order chi connectivity index (χ1) is 9.08. The lowest BCUT2D eigenvalue weighted by molar-refractivity contribution is -0.122. The van der Waals surface area contributed by atoms with Gasteiger partial charge in [0.05, 0.1) is 6.04 Å². The van der Waals surface area contributed by atoms with E-state index in [1.807, 2.05) is 37.4 Å². The molecule has 0 unspecified atom stereocenters. The molecule has 100 valence electrons. The van der Waals surface area contributed by atoms with Crippen LogP contribution in [0.25, 0.3) is 10.9 Å². The van der Waals surface area contributed by atoms with Crippen LogP contribution in [0.4, 0.5) is 0 Å². The van der Waals surface area contributed by atoms with Gasteiger partial charge in [-0.25, -0.2) is 0 Å². The molecule has 0 spiro atoms. The Morgan fingerprint density at radius 2 is 2.21 bits per heavy atom. The van der Waals surface area contributed by atoms with Crippen LogP contribution in [0, 0.1) is 0 Å². The minimum absolute atomic E-state index is 0.145. The molecule has 1 atom stereocenters. The van der Waals surface area contributed by atoms with Crippen LogP contribution < -0.4 is 11.1 Å². The molecule has 19 heavy (non-hydrogen) atoms. The van der Waals surface area contributed by atoms with E-state index in [2.05, 4.69) is 16.9 Å². The number of carbonyl (C=O) groups excluding carboxylic acids is 1. The highest BCUT2D eigenvalue weighted by atomic mass is 16.2. The Morgan fingerprint density at radius 3 is 2.95 bits per heavy atom. The molecule has 0 radical (unpaired) electrons. The molecular formula is C15H19N3O. The Morgan fingerprint density at radius 1 is 1.47 bits per heavy atom. The lowest BCUT2D eigenvalue weighted by atomic mass is 10.1. The molecule has 0 aliphatic rings. The van der Waals surface area contributed by atoms with Gasteiger partial charge < -0.3 is 16.0 Å². The highest BCUT2D eigenvalue weighted by Crippen LogP contribution is 2.18. The smallest absolute Gasteiger partial charge is 0.237 e. The number of aromatic nitrogens is 1. The van der Waals surface area contributed by atoms with Crippen molar-refractivity contribution >= 4 is 16.8 Å². The quantitative estimate of drug-likeness (QED) is 0.714. The highest BCUT2D eigenvalue weighted by molar-refractivity contribution is 5.86. The summed E-state index contributed by atoms with van der Waals surface area (Å²) in [5.41, 5.74) is 8.97. The molecule has 1 amide bonds. The first kappa shape index (κ1) is 13.4. The Kier molecular flexibility index (Phi) is 4.02. The van der Waals surface area contributed by atoms with Gasteiger partial charge in [-0.15, -0.1) is 0 Å². The zero-order valence-corrected chi connectivity index (χ0v) is 11.1. The number of carbonyl (C=O) groups is 1. The van der Waals surface area contributed by atoms with Gasteiger partial charge in [0.15, 0.2) is 0 Å². The summed E-state index contributed by atoms with van der Waals surface area (Å²) in [6.07, 6.45) is 2.43. The number of nitrogens with two attached hydrogens (primary N) is 1. The fourth-order valence-corrected chi connectivity index (χ4v) is 2.00. The number of rotatable bonds is 5. The topological polar surface area (TPSA) is 70.9 Å². The summed E-state index contributed by atoms with van der Waals surface area (Å²) in [5.74, 6) is -0.145. The van der Waals surface area contributed by atoms with E-state index in [1.54, 1.807) is 0 Å². The number of nitrogens with one attached hydrogen (secondary N) is 2. The molecular weight excluding hydrogens is 238 g/mol. The largest absolute Gasteiger partial charge is 0.361 e. The number of hydrogen-bond acceptors (Lipinski definition) is 2. The standard InChI is InChI=1S/C15H19N3O/c1-10(2)8-18-15(19)13(16)7-11-9-17-14-6-4-3-5-12(11)14/h3-6,9,13,17H,1,7-8,16H2,2H3,(H,18,19)/t13-/m1/s1. The van der Waals surface area contributed by atoms with E-state index in [0.717, 1.165) is 22.0 Å². The summed E-state index contributed by atoms with van der Waals surface area (Å²) in [4.78, 5) is 15.0. The predicted molar refractivity (Wildman–Crippen MR) is 77.8 cm³/mol. The molecule has 1 aromatic carbocycles. The second kappa shape index (κ2) is 5.71. The maximum absolute atomic E-state index is 11.8. The van der Waals surface area contributed by atoms with Crippen molar-refractivity contribution in [1.82, 2.24) is 10.3 Å². The SMILES string of the molecule is C=C(C)CNC(=O)[C@H](N)Cc1c[nH]c2ccccc12. The van der Waals surface area contributed by atoms with Crippen molar-refractivity contribution in [2.75, 3.05) is 6.54 Å². The summed E-state index contributed by atoms with van der Waals surface area (Å²) in [5, 5.41) is 3.89. The van der Waals surface area contributed by atoms with Crippen molar-refractivity contribution in [3.63, 3.8) is 0 Å². The number of aromatic amines is 1. The number of hydrogen-bond donors (Lipinski definition) is 3. The molecule has 4 heteroatoms. The van der Waals surface area contributed by atoms with E-state index in [9.17, 15) is 4.79 Å². The van der Waals surface area contributed by atoms with Crippen LogP contribution in [0.1, 0.15) is 12.5 Å². The molecule has 0 saturated carbocycles. The zero-order valence-electron chi connectivity index (χ0n) is 11.1. The zero-order chi connectivity index (χ0) is 13.8. The van der Waals surface area contributed by atoms with Gasteiger partial charge in [-0.2, -0.15) is 0 Å². The van der Waals surface area contributed by atoms with Crippen LogP contribution >= 0.6 is 0 Å². The monoisotopic (exact) mass is 257 g/mol. The van der Waals surface area contributed by atoms with Gasteiger partial charge in [0.2, 0.25) is 5.91 Å². The Hall–Kier alpha value is -2.07. The third-order valence-electron chi connectivity index (χ3n) is 3.02. The van der Waals surface area contributed by atoms with E-state index in [4.69, 9.17) is 5.73 Å². The van der Waals surface area contributed by atoms with Gasteiger partial charge in [0.1, 0.15) is 0 Å². The molecule has 0 saturated heterocycles. The van der Waals surface area contributed by atoms with Crippen molar-refractivity contribution < 1.29 is 4.79 Å². The van der Waals surface area contributed by atoms with Gasteiger partial charge in [0.25, 0.3) is 0 Å². The Labute approximate surface area is 112 Å². The summed E-state index contributed by atoms with van der Waals surface area (Å²) < 4.78 is 0. The van der Waals surface area contributed by atoms with E-state index in [-0.39, 0.29) is 5.91 Å². The summed E-state index contributed by atoms with van der Waals surface area (Å²) in [6.45, 7) is 6.08. The molecule has 4 N–H and O–H groups in total. The second-order valence-corrected chi connectivity index (χ2v) is 4.85. The molecule has 2 rings (SSSR count). The van der Waals surface area contributed by atoms with Crippen molar-refractivity contribution in [1.29, 1.82) is 0 Å². The van der Waals surface area contributed by atoms with Crippen LogP contribution in [0.2, 0.25) is 0 Å². The van der Waals surface area contributed by atoms with Crippen LogP contribution in [-0.4, -0.2) is 23.5 Å². The summed E-state index contributed by atoms with van der Waals surface area (Å²) in [7, 11) is 0. The summed E-state index contributed by atoms with van der Waals surface area (Å²) >= 11 is 0. The maximum Gasteiger partial charge on any atom is 0.237 e. The fraction of sp³-hybridized carbons (Fsp3) is 0.267. The average Bonchev–Trinajstić information content (AvgIpc) is 2.79. The van der Waals surface area contributed by atoms with Gasteiger partial charge in [0, 0.05) is 23.6 Å². The van der Waals surface area contributed by atoms with Gasteiger partial charge in [-0.1, -0.05) is 30.4 Å². The Bertz CT molecular complexity index is 600. The third-order valence-corrected chi connectivity index (χ3v) is 3.02. The van der Waals surface area contributed by atoms with Gasteiger partial charge in [-0.05, 0) is 25.0 Å². The highest BCUT2D eigenvalue weighted by Gasteiger charge is 2.15. The molecule has 2 aromatic rings. The first-order valence-electron chi connectivity index (χ1n) is 6.30. The normalized spacial score (nSPS) is 12.3. The lowest BCUT2D eigenvalue weighted by Gasteiger charge is -2.11. The molecule has 0 fully saturated rings. The van der Waals surface area contributed by atoms with Crippen molar-refractivity contribution in [2.45, 2.75) is 19.4 Å². The maximum atomic E-state index is 11.8. The molecule has 0 aliphatic carbocycles. The minimum atomic E-state index is -0.543. The van der Waals surface area contributed by atoms with E-state index < -0.39 is 6.04 Å². The second-order valence-electron chi connectivity index (χ2n) is 4.85. The van der Waals surface area contributed by atoms with Crippen LogP contribution in [0.5, 0.6) is 0 Å². The van der Waals surface area contributed by atoms with Gasteiger partial charge in [-0.3, -0.25) is 4.79 Å². The fourth-order valence-electron chi connectivity index (χ4n) is 2.00.